The Bertz CT molecular complexity index is 161. The van der Waals surface area contributed by atoms with Gasteiger partial charge in [0.1, 0.15) is 0 Å². The molecule has 0 radical (unpaired) electrons. The average Bonchev–Trinajstić information content (AvgIpc) is 2.01. The molecule has 0 aromatic rings. The van der Waals surface area contributed by atoms with Crippen molar-refractivity contribution in [3.05, 3.63) is 0 Å². The lowest BCUT2D eigenvalue weighted by Crippen LogP contribution is -2.44. The highest BCUT2D eigenvalue weighted by Gasteiger charge is 2.43. The minimum Gasteiger partial charge on any atom is -0.121 e. The van der Waals surface area contributed by atoms with E-state index in [0.717, 1.165) is 6.42 Å². The van der Waals surface area contributed by atoms with Gasteiger partial charge in [-0.1, -0.05) is 6.92 Å². The second-order valence-electron chi connectivity index (χ2n) is 3.33. The van der Waals surface area contributed by atoms with Crippen LogP contribution in [-0.2, 0) is 0 Å². The second kappa shape index (κ2) is 4.13. The van der Waals surface area contributed by atoms with E-state index in [0.29, 0.717) is 12.8 Å². The van der Waals surface area contributed by atoms with Crippen LogP contribution in [0.25, 0.3) is 0 Å². The van der Waals surface area contributed by atoms with Crippen LogP contribution in [0.4, 0.5) is 0 Å². The zero-order valence-electron chi connectivity index (χ0n) is 6.87. The fourth-order valence-corrected chi connectivity index (χ4v) is 3.01. The van der Waals surface area contributed by atoms with Gasteiger partial charge in [0.2, 0.25) is 0 Å². The Labute approximate surface area is 93.5 Å². The van der Waals surface area contributed by atoms with Gasteiger partial charge in [-0.15, -0.1) is 46.4 Å². The molecule has 72 valence electrons. The Kier molecular flexibility index (Phi) is 3.86. The molecule has 0 saturated heterocycles. The summed E-state index contributed by atoms with van der Waals surface area (Å²) in [6.45, 7) is 2.03. The summed E-state index contributed by atoms with van der Waals surface area (Å²) in [6.07, 6.45) is 2.25. The second-order valence-corrected chi connectivity index (χ2v) is 5.73. The molecule has 0 unspecified atom stereocenters. The molecule has 0 bridgehead atoms. The maximum Gasteiger partial charge on any atom is 0.0622 e. The normalized spacial score (nSPS) is 49.2. The number of hydrogen-bond donors (Lipinski definition) is 0. The molecule has 1 saturated carbocycles. The zero-order chi connectivity index (χ0) is 9.35. The van der Waals surface area contributed by atoms with Crippen molar-refractivity contribution in [3.8, 4) is 0 Å². The third-order valence-electron chi connectivity index (χ3n) is 2.51. The first-order valence-corrected chi connectivity index (χ1v) is 5.79. The molecule has 12 heavy (non-hydrogen) atoms. The van der Waals surface area contributed by atoms with E-state index in [1.165, 1.54) is 0 Å². The van der Waals surface area contributed by atoms with Crippen LogP contribution in [0, 0.1) is 0 Å². The van der Waals surface area contributed by atoms with Crippen molar-refractivity contribution in [1.82, 2.24) is 0 Å². The van der Waals surface area contributed by atoms with Gasteiger partial charge in [0.15, 0.2) is 0 Å². The van der Waals surface area contributed by atoms with Gasteiger partial charge in [0.05, 0.1) is 21.0 Å². The first kappa shape index (κ1) is 11.2. The van der Waals surface area contributed by atoms with Gasteiger partial charge in [0.25, 0.3) is 0 Å². The van der Waals surface area contributed by atoms with E-state index < -0.39 is 0 Å². The lowest BCUT2D eigenvalue weighted by atomic mass is 9.85. The summed E-state index contributed by atoms with van der Waals surface area (Å²) in [5.74, 6) is 0. The Morgan fingerprint density at radius 2 is 1.83 bits per heavy atom. The first-order valence-electron chi connectivity index (χ1n) is 4.10. The molecule has 0 spiro atoms. The largest absolute Gasteiger partial charge is 0.121 e. The van der Waals surface area contributed by atoms with Crippen molar-refractivity contribution in [2.45, 2.75) is 47.2 Å². The molecule has 1 fully saturated rings. The monoisotopic (exact) mass is 248 g/mol. The van der Waals surface area contributed by atoms with E-state index in [2.05, 4.69) is 0 Å². The van der Waals surface area contributed by atoms with E-state index >= 15 is 0 Å². The third-order valence-corrected chi connectivity index (χ3v) is 4.97. The van der Waals surface area contributed by atoms with Crippen molar-refractivity contribution in [2.24, 2.45) is 0 Å². The smallest absolute Gasteiger partial charge is 0.0622 e. The van der Waals surface area contributed by atoms with Crippen molar-refractivity contribution >= 4 is 46.4 Å². The third kappa shape index (κ3) is 2.15. The molecule has 0 nitrogen and oxygen atoms in total. The summed E-state index contributed by atoms with van der Waals surface area (Å²) in [7, 11) is 0. The highest BCUT2D eigenvalue weighted by Crippen LogP contribution is 2.43. The number of rotatable bonds is 1. The summed E-state index contributed by atoms with van der Waals surface area (Å²) in [6, 6.07) is 0. The predicted octanol–water partition coefficient (Wildman–Crippen LogP) is 3.99. The molecule has 4 heteroatoms. The Hall–Kier alpha value is 1.16. The van der Waals surface area contributed by atoms with Crippen LogP contribution in [0.3, 0.4) is 0 Å². The summed E-state index contributed by atoms with van der Waals surface area (Å²) < 4.78 is 0. The minimum atomic E-state index is -0.348. The first-order chi connectivity index (χ1) is 5.49. The van der Waals surface area contributed by atoms with Gasteiger partial charge in [-0.2, -0.15) is 0 Å². The molecule has 0 heterocycles. The van der Waals surface area contributed by atoms with Gasteiger partial charge in [-0.25, -0.2) is 0 Å². The standard InChI is InChI=1S/C8H12Cl4/c1-2-8(12)4-6(10)5(9)3-7(8)11/h5-7H,2-4H2,1H3/t5-,6-,7+,8-/m0/s1. The molecule has 0 aliphatic heterocycles. The molecule has 0 aromatic carbocycles. The number of alkyl halides is 4. The topological polar surface area (TPSA) is 0 Å². The molecule has 1 aliphatic rings. The highest BCUT2D eigenvalue weighted by atomic mass is 35.5. The maximum atomic E-state index is 6.30. The van der Waals surface area contributed by atoms with Crippen LogP contribution in [-0.4, -0.2) is 21.0 Å². The molecular formula is C8H12Cl4. The van der Waals surface area contributed by atoms with Crippen LogP contribution < -0.4 is 0 Å². The van der Waals surface area contributed by atoms with Crippen LogP contribution in [0.15, 0.2) is 0 Å². The van der Waals surface area contributed by atoms with E-state index in [1.807, 2.05) is 6.92 Å². The van der Waals surface area contributed by atoms with Crippen LogP contribution >= 0.6 is 46.4 Å². The van der Waals surface area contributed by atoms with Gasteiger partial charge < -0.3 is 0 Å². The van der Waals surface area contributed by atoms with E-state index in [9.17, 15) is 0 Å². The fraction of sp³-hybridized carbons (Fsp3) is 1.00. The van der Waals surface area contributed by atoms with Crippen LogP contribution in [0.5, 0.6) is 0 Å². The van der Waals surface area contributed by atoms with E-state index in [-0.39, 0.29) is 21.0 Å². The fourth-order valence-electron chi connectivity index (χ4n) is 1.50. The van der Waals surface area contributed by atoms with Gasteiger partial charge in [0, 0.05) is 0 Å². The SMILES string of the molecule is CC[C@]1(Cl)C[C@H](Cl)[C@@H](Cl)C[C@H]1Cl. The Balaban J connectivity index is 2.67. The Morgan fingerprint density at radius 1 is 1.25 bits per heavy atom. The predicted molar refractivity (Wildman–Crippen MR) is 57.0 cm³/mol. The summed E-state index contributed by atoms with van der Waals surface area (Å²) in [5, 5.41) is -0.131. The molecule has 4 atom stereocenters. The maximum absolute atomic E-state index is 6.30. The number of halogens is 4. The molecule has 1 aliphatic carbocycles. The molecule has 0 amide bonds. The van der Waals surface area contributed by atoms with Gasteiger partial charge >= 0.3 is 0 Å². The highest BCUT2D eigenvalue weighted by molar-refractivity contribution is 6.36. The lowest BCUT2D eigenvalue weighted by Gasteiger charge is -2.39. The Morgan fingerprint density at radius 3 is 2.33 bits per heavy atom. The van der Waals surface area contributed by atoms with Crippen molar-refractivity contribution in [3.63, 3.8) is 0 Å². The van der Waals surface area contributed by atoms with Crippen molar-refractivity contribution < 1.29 is 0 Å². The van der Waals surface area contributed by atoms with Crippen LogP contribution in [0.2, 0.25) is 0 Å². The lowest BCUT2D eigenvalue weighted by molar-refractivity contribution is 0.396. The molecule has 1 rings (SSSR count). The van der Waals surface area contributed by atoms with Gasteiger partial charge in [-0.05, 0) is 19.3 Å². The van der Waals surface area contributed by atoms with Gasteiger partial charge in [-0.3, -0.25) is 0 Å². The average molecular weight is 250 g/mol. The molecular weight excluding hydrogens is 238 g/mol. The number of hydrogen-bond acceptors (Lipinski definition) is 0. The van der Waals surface area contributed by atoms with Crippen LogP contribution in [0.1, 0.15) is 26.2 Å². The van der Waals surface area contributed by atoms with E-state index in [4.69, 9.17) is 46.4 Å². The van der Waals surface area contributed by atoms with Crippen molar-refractivity contribution in [2.75, 3.05) is 0 Å². The molecule has 0 aromatic heterocycles. The zero-order valence-corrected chi connectivity index (χ0v) is 9.89. The summed E-state index contributed by atoms with van der Waals surface area (Å²) in [5.41, 5.74) is 0. The van der Waals surface area contributed by atoms with Crippen molar-refractivity contribution in [1.29, 1.82) is 0 Å². The minimum absolute atomic E-state index is 0.0346. The summed E-state index contributed by atoms with van der Waals surface area (Å²) >= 11 is 24.4. The summed E-state index contributed by atoms with van der Waals surface area (Å²) in [4.78, 5) is -0.348. The molecule has 0 N–H and O–H groups in total. The quantitative estimate of drug-likeness (QED) is 0.617. The van der Waals surface area contributed by atoms with E-state index in [1.54, 1.807) is 0 Å².